The number of rotatable bonds is 4. The van der Waals surface area contributed by atoms with Crippen LogP contribution < -0.4 is 0 Å². The van der Waals surface area contributed by atoms with E-state index >= 15 is 0 Å². The molecule has 0 aliphatic heterocycles. The maximum absolute atomic E-state index is 4.65. The molecule has 0 fully saturated rings. The zero-order valence-corrected chi connectivity index (χ0v) is 8.93. The highest BCUT2D eigenvalue weighted by Crippen LogP contribution is 2.09. The van der Waals surface area contributed by atoms with Crippen LogP contribution in [0.3, 0.4) is 0 Å². The molecule has 0 spiro atoms. The molecule has 0 atom stereocenters. The van der Waals surface area contributed by atoms with Gasteiger partial charge >= 0.3 is 0 Å². The molecule has 1 rings (SSSR count). The van der Waals surface area contributed by atoms with Gasteiger partial charge in [0.25, 0.3) is 0 Å². The van der Waals surface area contributed by atoms with Crippen LogP contribution in [0.5, 0.6) is 0 Å². The van der Waals surface area contributed by atoms with E-state index in [4.69, 9.17) is 0 Å². The van der Waals surface area contributed by atoms with Crippen LogP contribution in [0.25, 0.3) is 0 Å². The Morgan fingerprint density at radius 1 is 1.08 bits per heavy atom. The second kappa shape index (κ2) is 5.00. The van der Waals surface area contributed by atoms with Crippen LogP contribution in [0.1, 0.15) is 43.6 Å². The quantitative estimate of drug-likeness (QED) is 0.687. The highest BCUT2D eigenvalue weighted by molar-refractivity contribution is 5.21. The fourth-order valence-electron chi connectivity index (χ4n) is 1.50. The van der Waals surface area contributed by atoms with Crippen molar-refractivity contribution >= 4 is 0 Å². The summed E-state index contributed by atoms with van der Waals surface area (Å²) in [7, 11) is 0. The molecule has 0 aliphatic rings. The van der Waals surface area contributed by atoms with Gasteiger partial charge in [0.15, 0.2) is 0 Å². The van der Waals surface area contributed by atoms with Crippen molar-refractivity contribution in [2.75, 3.05) is 0 Å². The highest BCUT2D eigenvalue weighted by Gasteiger charge is 2.00. The van der Waals surface area contributed by atoms with Gasteiger partial charge in [-0.05, 0) is 31.4 Å². The van der Waals surface area contributed by atoms with Gasteiger partial charge in [-0.25, -0.2) is 0 Å². The van der Waals surface area contributed by atoms with Gasteiger partial charge in [0.1, 0.15) is 0 Å². The second-order valence-electron chi connectivity index (χ2n) is 3.57. The van der Waals surface area contributed by atoms with Crippen LogP contribution in [0, 0.1) is 6.92 Å². The molecule has 1 heteroatoms. The Bertz CT molecular complexity index is 266. The summed E-state index contributed by atoms with van der Waals surface area (Å²) < 4.78 is 0. The first-order chi connectivity index (χ1) is 6.27. The molecule has 0 amide bonds. The number of nitrogens with zero attached hydrogens (tertiary/aromatic N) is 1. The Balaban J connectivity index is 2.83. The van der Waals surface area contributed by atoms with Gasteiger partial charge < -0.3 is 0 Å². The van der Waals surface area contributed by atoms with Crippen molar-refractivity contribution < 1.29 is 0 Å². The first-order valence-corrected chi connectivity index (χ1v) is 5.23. The molecule has 0 aliphatic carbocycles. The molecular weight excluding hydrogens is 158 g/mol. The van der Waals surface area contributed by atoms with E-state index in [1.54, 1.807) is 0 Å². The standard InChI is InChI=1S/C12H19N/c1-4-6-11-9-8-10(3)12(13-11)7-5-2/h8-9H,4-7H2,1-3H3. The molecule has 0 radical (unpaired) electrons. The third kappa shape index (κ3) is 2.83. The van der Waals surface area contributed by atoms with Crippen LogP contribution in [0.2, 0.25) is 0 Å². The third-order valence-electron chi connectivity index (χ3n) is 2.25. The van der Waals surface area contributed by atoms with Gasteiger partial charge in [0, 0.05) is 11.4 Å². The van der Waals surface area contributed by atoms with Crippen LogP contribution in [-0.4, -0.2) is 4.98 Å². The second-order valence-corrected chi connectivity index (χ2v) is 3.57. The molecule has 0 unspecified atom stereocenters. The summed E-state index contributed by atoms with van der Waals surface area (Å²) >= 11 is 0. The zero-order valence-electron chi connectivity index (χ0n) is 8.93. The summed E-state index contributed by atoms with van der Waals surface area (Å²) in [5.74, 6) is 0. The molecule has 0 saturated heterocycles. The molecule has 13 heavy (non-hydrogen) atoms. The van der Waals surface area contributed by atoms with Crippen LogP contribution >= 0.6 is 0 Å². The predicted molar refractivity (Wildman–Crippen MR) is 57.0 cm³/mol. The lowest BCUT2D eigenvalue weighted by Crippen LogP contribution is -1.98. The molecule has 1 heterocycles. The van der Waals surface area contributed by atoms with Crippen LogP contribution in [0.4, 0.5) is 0 Å². The number of aryl methyl sites for hydroxylation is 3. The smallest absolute Gasteiger partial charge is 0.0435 e. The van der Waals surface area contributed by atoms with E-state index < -0.39 is 0 Å². The summed E-state index contributed by atoms with van der Waals surface area (Å²) in [6.07, 6.45) is 4.59. The molecule has 72 valence electrons. The summed E-state index contributed by atoms with van der Waals surface area (Å²) in [4.78, 5) is 4.65. The van der Waals surface area contributed by atoms with Crippen molar-refractivity contribution in [2.45, 2.75) is 46.5 Å². The number of pyridine rings is 1. The molecule has 1 nitrogen and oxygen atoms in total. The Kier molecular flexibility index (Phi) is 3.94. The summed E-state index contributed by atoms with van der Waals surface area (Å²) in [6, 6.07) is 4.35. The normalized spacial score (nSPS) is 10.4. The monoisotopic (exact) mass is 177 g/mol. The molecule has 0 bridgehead atoms. The van der Waals surface area contributed by atoms with Crippen molar-refractivity contribution in [3.63, 3.8) is 0 Å². The fourth-order valence-corrected chi connectivity index (χ4v) is 1.50. The van der Waals surface area contributed by atoms with Gasteiger partial charge in [0.05, 0.1) is 0 Å². The largest absolute Gasteiger partial charge is 0.258 e. The zero-order chi connectivity index (χ0) is 9.68. The maximum atomic E-state index is 4.65. The van der Waals surface area contributed by atoms with E-state index in [-0.39, 0.29) is 0 Å². The first kappa shape index (κ1) is 10.2. The molecule has 1 aromatic heterocycles. The van der Waals surface area contributed by atoms with Crippen molar-refractivity contribution in [3.05, 3.63) is 29.1 Å². The Morgan fingerprint density at radius 2 is 1.77 bits per heavy atom. The number of aromatic nitrogens is 1. The Labute approximate surface area is 81.2 Å². The minimum absolute atomic E-state index is 1.11. The van der Waals surface area contributed by atoms with Gasteiger partial charge in [-0.3, -0.25) is 4.98 Å². The molecular formula is C12H19N. The van der Waals surface area contributed by atoms with Crippen molar-refractivity contribution in [1.82, 2.24) is 4.98 Å². The maximum Gasteiger partial charge on any atom is 0.0435 e. The summed E-state index contributed by atoms with van der Waals surface area (Å²) in [5, 5.41) is 0. The molecule has 0 aromatic carbocycles. The van der Waals surface area contributed by atoms with E-state index in [0.29, 0.717) is 0 Å². The summed E-state index contributed by atoms with van der Waals surface area (Å²) in [6.45, 7) is 6.54. The van der Waals surface area contributed by atoms with Crippen molar-refractivity contribution in [1.29, 1.82) is 0 Å². The SMILES string of the molecule is CCCc1ccc(C)c(CCC)n1. The predicted octanol–water partition coefficient (Wildman–Crippen LogP) is 3.30. The molecule has 1 aromatic rings. The average Bonchev–Trinajstić information content (AvgIpc) is 2.12. The topological polar surface area (TPSA) is 12.9 Å². The highest BCUT2D eigenvalue weighted by atomic mass is 14.7. The van der Waals surface area contributed by atoms with E-state index in [0.717, 1.165) is 12.8 Å². The molecule has 0 saturated carbocycles. The fraction of sp³-hybridized carbons (Fsp3) is 0.583. The van der Waals surface area contributed by atoms with Gasteiger partial charge in [-0.1, -0.05) is 32.8 Å². The van der Waals surface area contributed by atoms with E-state index in [9.17, 15) is 0 Å². The van der Waals surface area contributed by atoms with E-state index in [2.05, 4.69) is 37.9 Å². The van der Waals surface area contributed by atoms with Gasteiger partial charge in [-0.15, -0.1) is 0 Å². The van der Waals surface area contributed by atoms with Crippen molar-refractivity contribution in [2.24, 2.45) is 0 Å². The van der Waals surface area contributed by atoms with Crippen LogP contribution in [0.15, 0.2) is 12.1 Å². The average molecular weight is 177 g/mol. The van der Waals surface area contributed by atoms with E-state index in [1.807, 2.05) is 0 Å². The Morgan fingerprint density at radius 3 is 2.38 bits per heavy atom. The third-order valence-corrected chi connectivity index (χ3v) is 2.25. The minimum Gasteiger partial charge on any atom is -0.258 e. The first-order valence-electron chi connectivity index (χ1n) is 5.23. The van der Waals surface area contributed by atoms with Gasteiger partial charge in [-0.2, -0.15) is 0 Å². The lowest BCUT2D eigenvalue weighted by atomic mass is 10.1. The number of hydrogen-bond acceptors (Lipinski definition) is 1. The lowest BCUT2D eigenvalue weighted by molar-refractivity contribution is 0.823. The van der Waals surface area contributed by atoms with Crippen LogP contribution in [-0.2, 0) is 12.8 Å². The lowest BCUT2D eigenvalue weighted by Gasteiger charge is -2.05. The Hall–Kier alpha value is -0.850. The summed E-state index contributed by atoms with van der Waals surface area (Å²) in [5.41, 5.74) is 3.87. The van der Waals surface area contributed by atoms with Gasteiger partial charge in [0.2, 0.25) is 0 Å². The molecule has 0 N–H and O–H groups in total. The van der Waals surface area contributed by atoms with E-state index in [1.165, 1.54) is 29.8 Å². The van der Waals surface area contributed by atoms with Crippen molar-refractivity contribution in [3.8, 4) is 0 Å². The number of hydrogen-bond donors (Lipinski definition) is 0. The minimum atomic E-state index is 1.11.